The maximum absolute atomic E-state index is 13.3. The van der Waals surface area contributed by atoms with Crippen LogP contribution in [0.2, 0.25) is 18.1 Å². The highest BCUT2D eigenvalue weighted by atomic mass is 32.2. The van der Waals surface area contributed by atoms with Crippen molar-refractivity contribution in [1.29, 1.82) is 0 Å². The van der Waals surface area contributed by atoms with E-state index in [2.05, 4.69) is 74.6 Å². The number of pyridine rings is 1. The molecule has 1 aromatic carbocycles. The fourth-order valence-electron chi connectivity index (χ4n) is 4.74. The van der Waals surface area contributed by atoms with Crippen LogP contribution in [0.1, 0.15) is 57.7 Å². The molecule has 2 aromatic heterocycles. The van der Waals surface area contributed by atoms with Crippen LogP contribution in [0.15, 0.2) is 42.6 Å². The zero-order chi connectivity index (χ0) is 25.8. The minimum atomic E-state index is -1.81. The van der Waals surface area contributed by atoms with E-state index in [0.29, 0.717) is 0 Å². The van der Waals surface area contributed by atoms with E-state index in [1.807, 2.05) is 11.8 Å². The van der Waals surface area contributed by atoms with Crippen LogP contribution in [0, 0.1) is 5.82 Å². The molecule has 0 radical (unpaired) electrons. The Kier molecular flexibility index (Phi) is 6.45. The maximum atomic E-state index is 13.3. The van der Waals surface area contributed by atoms with Crippen molar-refractivity contribution < 1.29 is 8.82 Å². The van der Waals surface area contributed by atoms with Gasteiger partial charge in [-0.15, -0.1) is 10.2 Å². The first-order chi connectivity index (χ1) is 16.9. The molecule has 1 atom stereocenters. The molecule has 192 valence electrons. The predicted molar refractivity (Wildman–Crippen MR) is 147 cm³/mol. The maximum Gasteiger partial charge on any atom is 0.192 e. The van der Waals surface area contributed by atoms with Crippen LogP contribution in [-0.4, -0.2) is 45.2 Å². The van der Waals surface area contributed by atoms with E-state index < -0.39 is 8.32 Å². The number of hydrogen-bond donors (Lipinski definition) is 0. The van der Waals surface area contributed by atoms with Gasteiger partial charge in [-0.25, -0.2) is 4.39 Å². The standard InChI is InChI=1S/C28H37FN4OSSi/c1-26(2,3)36(5,6)34-19-27(4)17-24-31-32-25(33(24)15-16-35-27)28(13-14-28)21-9-7-20(8-10-21)23-12-11-22(29)18-30-23/h7-12,18H,13-17,19H2,1-6H3. The lowest BCUT2D eigenvalue weighted by Crippen LogP contribution is -2.45. The van der Waals surface area contributed by atoms with E-state index >= 15 is 0 Å². The van der Waals surface area contributed by atoms with Crippen LogP contribution in [-0.2, 0) is 22.8 Å². The van der Waals surface area contributed by atoms with Gasteiger partial charge in [-0.2, -0.15) is 11.8 Å². The molecule has 1 fully saturated rings. The average Bonchev–Trinajstić information content (AvgIpc) is 3.57. The Bertz CT molecular complexity index is 1230. The second-order valence-corrected chi connectivity index (χ2v) is 18.6. The molecule has 8 heteroatoms. The molecule has 0 bridgehead atoms. The van der Waals surface area contributed by atoms with Crippen molar-refractivity contribution in [3.63, 3.8) is 0 Å². The Hall–Kier alpha value is -2.03. The number of halogens is 1. The molecule has 0 amide bonds. The number of thioether (sulfide) groups is 1. The minimum Gasteiger partial charge on any atom is -0.415 e. The molecule has 0 N–H and O–H groups in total. The van der Waals surface area contributed by atoms with Crippen LogP contribution in [0.3, 0.4) is 0 Å². The van der Waals surface area contributed by atoms with E-state index in [0.717, 1.165) is 61.1 Å². The van der Waals surface area contributed by atoms with Crippen LogP contribution in [0.4, 0.5) is 4.39 Å². The van der Waals surface area contributed by atoms with Crippen LogP contribution < -0.4 is 0 Å². The summed E-state index contributed by atoms with van der Waals surface area (Å²) < 4.78 is 22.3. The van der Waals surface area contributed by atoms with Gasteiger partial charge in [0.2, 0.25) is 0 Å². The van der Waals surface area contributed by atoms with Gasteiger partial charge >= 0.3 is 0 Å². The monoisotopic (exact) mass is 524 g/mol. The van der Waals surface area contributed by atoms with Crippen molar-refractivity contribution in [3.05, 3.63) is 65.6 Å². The lowest BCUT2D eigenvalue weighted by molar-refractivity contribution is 0.252. The fourth-order valence-corrected chi connectivity index (χ4v) is 7.10. The van der Waals surface area contributed by atoms with Gasteiger partial charge in [-0.3, -0.25) is 4.98 Å². The topological polar surface area (TPSA) is 52.8 Å². The van der Waals surface area contributed by atoms with E-state index in [4.69, 9.17) is 14.6 Å². The summed E-state index contributed by atoms with van der Waals surface area (Å²) in [4.78, 5) is 4.22. The predicted octanol–water partition coefficient (Wildman–Crippen LogP) is 6.63. The van der Waals surface area contributed by atoms with E-state index in [1.54, 1.807) is 6.07 Å². The SMILES string of the molecule is CC1(CO[Si](C)(C)C(C)(C)C)Cc2nnc(C3(c4ccc(-c5ccc(F)cn5)cc4)CC3)n2CCS1. The molecule has 1 aliphatic carbocycles. The lowest BCUT2D eigenvalue weighted by atomic mass is 9.93. The normalized spacial score (nSPS) is 21.6. The van der Waals surface area contributed by atoms with Crippen molar-refractivity contribution in [2.24, 2.45) is 0 Å². The van der Waals surface area contributed by atoms with Gasteiger partial charge in [0.05, 0.1) is 17.3 Å². The van der Waals surface area contributed by atoms with Gasteiger partial charge in [0.15, 0.2) is 8.32 Å². The Morgan fingerprint density at radius 3 is 2.42 bits per heavy atom. The molecule has 5 rings (SSSR count). The van der Waals surface area contributed by atoms with E-state index in [1.165, 1.54) is 17.8 Å². The summed E-state index contributed by atoms with van der Waals surface area (Å²) >= 11 is 2.01. The number of fused-ring (bicyclic) bond motifs is 1. The average molecular weight is 525 g/mol. The number of aromatic nitrogens is 4. The molecule has 0 spiro atoms. The van der Waals surface area contributed by atoms with E-state index in [9.17, 15) is 4.39 Å². The highest BCUT2D eigenvalue weighted by molar-refractivity contribution is 8.00. The summed E-state index contributed by atoms with van der Waals surface area (Å²) in [5.74, 6) is 2.89. The van der Waals surface area contributed by atoms with Crippen molar-refractivity contribution in [2.75, 3.05) is 12.4 Å². The van der Waals surface area contributed by atoms with Gasteiger partial charge < -0.3 is 8.99 Å². The quantitative estimate of drug-likeness (QED) is 0.339. The Labute approximate surface area is 219 Å². The lowest BCUT2D eigenvalue weighted by Gasteiger charge is -2.39. The minimum absolute atomic E-state index is 0.00536. The summed E-state index contributed by atoms with van der Waals surface area (Å²) in [5, 5.41) is 9.69. The third kappa shape index (κ3) is 4.79. The third-order valence-corrected chi connectivity index (χ3v) is 14.1. The Balaban J connectivity index is 1.36. The molecule has 5 nitrogen and oxygen atoms in total. The molecular weight excluding hydrogens is 487 g/mol. The van der Waals surface area contributed by atoms with Crippen molar-refractivity contribution in [3.8, 4) is 11.3 Å². The molecular formula is C28H37FN4OSSi. The van der Waals surface area contributed by atoms with Crippen molar-refractivity contribution in [1.82, 2.24) is 19.7 Å². The Morgan fingerprint density at radius 1 is 1.08 bits per heavy atom. The largest absolute Gasteiger partial charge is 0.415 e. The van der Waals surface area contributed by atoms with Crippen molar-refractivity contribution >= 4 is 20.1 Å². The summed E-state index contributed by atoms with van der Waals surface area (Å²) in [6, 6.07) is 11.7. The smallest absolute Gasteiger partial charge is 0.192 e. The van der Waals surface area contributed by atoms with Crippen LogP contribution >= 0.6 is 11.8 Å². The molecule has 1 unspecified atom stereocenters. The number of rotatable bonds is 6. The molecule has 1 aliphatic heterocycles. The van der Waals surface area contributed by atoms with Gasteiger partial charge in [-0.1, -0.05) is 45.0 Å². The first kappa shape index (κ1) is 25.6. The zero-order valence-electron chi connectivity index (χ0n) is 22.3. The second kappa shape index (κ2) is 9.06. The molecule has 3 heterocycles. The highest BCUT2D eigenvalue weighted by Crippen LogP contribution is 2.53. The van der Waals surface area contributed by atoms with Crippen molar-refractivity contribution in [2.45, 2.75) is 81.8 Å². The summed E-state index contributed by atoms with van der Waals surface area (Å²) in [6.45, 7) is 15.5. The van der Waals surface area contributed by atoms with Crippen LogP contribution in [0.5, 0.6) is 0 Å². The fraction of sp³-hybridized carbons (Fsp3) is 0.536. The number of hydrogen-bond acceptors (Lipinski definition) is 5. The van der Waals surface area contributed by atoms with Gasteiger partial charge in [0.25, 0.3) is 0 Å². The van der Waals surface area contributed by atoms with Gasteiger partial charge in [0.1, 0.15) is 17.5 Å². The zero-order valence-corrected chi connectivity index (χ0v) is 24.1. The van der Waals surface area contributed by atoms with Crippen LogP contribution in [0.25, 0.3) is 11.3 Å². The summed E-state index contributed by atoms with van der Waals surface area (Å²) in [5.41, 5.74) is 2.97. The Morgan fingerprint density at radius 2 is 1.81 bits per heavy atom. The van der Waals surface area contributed by atoms with Gasteiger partial charge in [-0.05, 0) is 55.6 Å². The first-order valence-corrected chi connectivity index (χ1v) is 16.7. The highest BCUT2D eigenvalue weighted by Gasteiger charge is 2.51. The molecule has 3 aromatic rings. The van der Waals surface area contributed by atoms with Gasteiger partial charge in [0, 0.05) is 35.6 Å². The second-order valence-electron chi connectivity index (χ2n) is 12.1. The summed E-state index contributed by atoms with van der Waals surface area (Å²) in [6.07, 6.45) is 4.29. The number of nitrogens with zero attached hydrogens (tertiary/aromatic N) is 4. The first-order valence-electron chi connectivity index (χ1n) is 12.9. The molecule has 2 aliphatic rings. The molecule has 1 saturated carbocycles. The van der Waals surface area contributed by atoms with E-state index in [-0.39, 0.29) is 21.0 Å². The third-order valence-electron chi connectivity index (χ3n) is 8.31. The summed E-state index contributed by atoms with van der Waals surface area (Å²) in [7, 11) is -1.81. The molecule has 0 saturated heterocycles. The number of benzene rings is 1. The molecule has 36 heavy (non-hydrogen) atoms.